The number of halogens is 3. The first kappa shape index (κ1) is 15.3. The molecule has 0 aliphatic rings. The van der Waals surface area contributed by atoms with Crippen LogP contribution in [0.3, 0.4) is 0 Å². The van der Waals surface area contributed by atoms with Crippen LogP contribution in [0.25, 0.3) is 0 Å². The molecule has 2 N–H and O–H groups in total. The fraction of sp³-hybridized carbons (Fsp3) is 0. The molecular weight excluding hydrogens is 320 g/mol. The van der Waals surface area contributed by atoms with Gasteiger partial charge in [0.25, 0.3) is 5.91 Å². The quantitative estimate of drug-likeness (QED) is 0.892. The zero-order valence-corrected chi connectivity index (χ0v) is 11.9. The van der Waals surface area contributed by atoms with Crippen molar-refractivity contribution >= 4 is 40.8 Å². The summed E-state index contributed by atoms with van der Waals surface area (Å²) >= 11 is 11.2. The van der Waals surface area contributed by atoms with E-state index in [1.54, 1.807) is 0 Å². The lowest BCUT2D eigenvalue weighted by Gasteiger charge is -2.09. The minimum atomic E-state index is -1.24. The van der Waals surface area contributed by atoms with Crippen LogP contribution >= 0.6 is 23.2 Å². The van der Waals surface area contributed by atoms with E-state index in [0.29, 0.717) is 0 Å². The molecule has 0 aliphatic carbocycles. The van der Waals surface area contributed by atoms with Gasteiger partial charge in [0.05, 0.1) is 16.3 Å². The molecule has 0 bridgehead atoms. The van der Waals surface area contributed by atoms with E-state index in [4.69, 9.17) is 28.3 Å². The van der Waals surface area contributed by atoms with Crippen molar-refractivity contribution in [2.75, 3.05) is 5.32 Å². The Kier molecular flexibility index (Phi) is 4.45. The Bertz CT molecular complexity index is 734. The molecule has 7 heteroatoms. The van der Waals surface area contributed by atoms with Crippen molar-refractivity contribution in [1.29, 1.82) is 0 Å². The SMILES string of the molecule is O=C(Nc1ccc(Cl)cc1C(=O)O)c1ccc(Cl)c(F)c1. The van der Waals surface area contributed by atoms with Crippen LogP contribution in [-0.2, 0) is 0 Å². The summed E-state index contributed by atoms with van der Waals surface area (Å²) in [4.78, 5) is 23.1. The van der Waals surface area contributed by atoms with E-state index < -0.39 is 17.7 Å². The van der Waals surface area contributed by atoms with Crippen LogP contribution in [0.2, 0.25) is 10.0 Å². The Hall–Kier alpha value is -2.11. The van der Waals surface area contributed by atoms with Crippen molar-refractivity contribution in [3.63, 3.8) is 0 Å². The van der Waals surface area contributed by atoms with Gasteiger partial charge >= 0.3 is 5.97 Å². The molecule has 2 aromatic rings. The average molecular weight is 328 g/mol. The third-order valence-corrected chi connectivity index (χ3v) is 3.18. The number of aromatic carboxylic acids is 1. The second kappa shape index (κ2) is 6.11. The summed E-state index contributed by atoms with van der Waals surface area (Å²) in [6.45, 7) is 0. The zero-order valence-electron chi connectivity index (χ0n) is 10.4. The predicted molar refractivity (Wildman–Crippen MR) is 77.8 cm³/mol. The monoisotopic (exact) mass is 327 g/mol. The number of hydrogen-bond acceptors (Lipinski definition) is 2. The summed E-state index contributed by atoms with van der Waals surface area (Å²) in [6, 6.07) is 7.54. The van der Waals surface area contributed by atoms with Gasteiger partial charge in [0.1, 0.15) is 5.82 Å². The molecule has 0 atom stereocenters. The maximum Gasteiger partial charge on any atom is 0.337 e. The number of carboxylic acid groups (broad SMARTS) is 1. The average Bonchev–Trinajstić information content (AvgIpc) is 2.43. The predicted octanol–water partition coefficient (Wildman–Crippen LogP) is 4.08. The van der Waals surface area contributed by atoms with Crippen LogP contribution in [0.4, 0.5) is 10.1 Å². The number of carboxylic acids is 1. The smallest absolute Gasteiger partial charge is 0.337 e. The molecule has 0 saturated carbocycles. The number of hydrogen-bond donors (Lipinski definition) is 2. The first-order valence-electron chi connectivity index (χ1n) is 5.67. The molecule has 2 rings (SSSR count). The van der Waals surface area contributed by atoms with Gasteiger partial charge in [-0.25, -0.2) is 9.18 Å². The maximum absolute atomic E-state index is 13.3. The Morgan fingerprint density at radius 2 is 1.81 bits per heavy atom. The summed E-state index contributed by atoms with van der Waals surface area (Å²) in [6.07, 6.45) is 0. The van der Waals surface area contributed by atoms with Crippen LogP contribution in [-0.4, -0.2) is 17.0 Å². The van der Waals surface area contributed by atoms with Gasteiger partial charge in [-0.1, -0.05) is 23.2 Å². The topological polar surface area (TPSA) is 66.4 Å². The van der Waals surface area contributed by atoms with Crippen molar-refractivity contribution in [1.82, 2.24) is 0 Å². The first-order chi connectivity index (χ1) is 9.88. The van der Waals surface area contributed by atoms with Gasteiger partial charge in [0.2, 0.25) is 0 Å². The molecule has 4 nitrogen and oxygen atoms in total. The zero-order chi connectivity index (χ0) is 15.6. The van der Waals surface area contributed by atoms with Gasteiger partial charge in [-0.2, -0.15) is 0 Å². The van der Waals surface area contributed by atoms with Crippen molar-refractivity contribution < 1.29 is 19.1 Å². The number of rotatable bonds is 3. The van der Waals surface area contributed by atoms with E-state index in [9.17, 15) is 14.0 Å². The normalized spacial score (nSPS) is 10.2. The van der Waals surface area contributed by atoms with Crippen LogP contribution in [0.5, 0.6) is 0 Å². The fourth-order valence-corrected chi connectivity index (χ4v) is 1.92. The van der Waals surface area contributed by atoms with Crippen LogP contribution in [0.1, 0.15) is 20.7 Å². The van der Waals surface area contributed by atoms with Crippen LogP contribution in [0, 0.1) is 5.82 Å². The van der Waals surface area contributed by atoms with Crippen molar-refractivity contribution in [2.24, 2.45) is 0 Å². The van der Waals surface area contributed by atoms with E-state index >= 15 is 0 Å². The number of amides is 1. The highest BCUT2D eigenvalue weighted by molar-refractivity contribution is 6.31. The van der Waals surface area contributed by atoms with E-state index in [0.717, 1.165) is 6.07 Å². The summed E-state index contributed by atoms with van der Waals surface area (Å²) < 4.78 is 13.3. The van der Waals surface area contributed by atoms with E-state index in [2.05, 4.69) is 5.32 Å². The Balaban J connectivity index is 2.31. The van der Waals surface area contributed by atoms with Gasteiger partial charge in [0, 0.05) is 10.6 Å². The minimum absolute atomic E-state index is 0.0168. The second-order valence-corrected chi connectivity index (χ2v) is 4.92. The lowest BCUT2D eigenvalue weighted by molar-refractivity contribution is 0.0698. The van der Waals surface area contributed by atoms with E-state index in [1.807, 2.05) is 0 Å². The van der Waals surface area contributed by atoms with Gasteiger partial charge in [0.15, 0.2) is 0 Å². The highest BCUT2D eigenvalue weighted by Gasteiger charge is 2.15. The molecule has 0 unspecified atom stereocenters. The molecule has 108 valence electrons. The number of nitrogens with one attached hydrogen (secondary N) is 1. The molecule has 0 aromatic heterocycles. The van der Waals surface area contributed by atoms with Crippen molar-refractivity contribution in [3.8, 4) is 0 Å². The van der Waals surface area contributed by atoms with Gasteiger partial charge in [-0.3, -0.25) is 4.79 Å². The van der Waals surface area contributed by atoms with Gasteiger partial charge < -0.3 is 10.4 Å². The third kappa shape index (κ3) is 3.51. The molecule has 0 saturated heterocycles. The highest BCUT2D eigenvalue weighted by atomic mass is 35.5. The molecule has 21 heavy (non-hydrogen) atoms. The van der Waals surface area contributed by atoms with Gasteiger partial charge in [-0.15, -0.1) is 0 Å². The number of carbonyl (C=O) groups is 2. The van der Waals surface area contributed by atoms with Gasteiger partial charge in [-0.05, 0) is 36.4 Å². The molecule has 0 spiro atoms. The fourth-order valence-electron chi connectivity index (χ4n) is 1.63. The molecule has 0 radical (unpaired) electrons. The Morgan fingerprint density at radius 1 is 1.10 bits per heavy atom. The molecule has 1 amide bonds. The summed E-state index contributed by atoms with van der Waals surface area (Å²) in [5, 5.41) is 11.6. The highest BCUT2D eigenvalue weighted by Crippen LogP contribution is 2.22. The number of carbonyl (C=O) groups excluding carboxylic acids is 1. The molecule has 2 aromatic carbocycles. The van der Waals surface area contributed by atoms with Crippen molar-refractivity contribution in [3.05, 3.63) is 63.4 Å². The summed E-state index contributed by atoms with van der Waals surface area (Å²) in [5.41, 5.74) is -0.0827. The van der Waals surface area contributed by atoms with Crippen LogP contribution < -0.4 is 5.32 Å². The second-order valence-electron chi connectivity index (χ2n) is 4.08. The largest absolute Gasteiger partial charge is 0.478 e. The molecule has 0 aliphatic heterocycles. The Labute approximate surface area is 129 Å². The molecular formula is C14H8Cl2FNO3. The maximum atomic E-state index is 13.3. The third-order valence-electron chi connectivity index (χ3n) is 2.64. The summed E-state index contributed by atoms with van der Waals surface area (Å²) in [5.74, 6) is -2.63. The lowest BCUT2D eigenvalue weighted by Crippen LogP contribution is -2.15. The summed E-state index contributed by atoms with van der Waals surface area (Å²) in [7, 11) is 0. The van der Waals surface area contributed by atoms with Crippen LogP contribution in [0.15, 0.2) is 36.4 Å². The van der Waals surface area contributed by atoms with Crippen molar-refractivity contribution in [2.45, 2.75) is 0 Å². The lowest BCUT2D eigenvalue weighted by atomic mass is 10.1. The van der Waals surface area contributed by atoms with E-state index in [1.165, 1.54) is 30.3 Å². The standard InChI is InChI=1S/C14H8Cl2FNO3/c15-8-2-4-12(9(6-8)14(20)21)18-13(19)7-1-3-10(16)11(17)5-7/h1-6H,(H,18,19)(H,20,21). The minimum Gasteiger partial charge on any atom is -0.478 e. The van der Waals surface area contributed by atoms with E-state index in [-0.39, 0.29) is 26.9 Å². The molecule has 0 heterocycles. The Morgan fingerprint density at radius 3 is 2.43 bits per heavy atom. The first-order valence-corrected chi connectivity index (χ1v) is 6.43. The number of anilines is 1. The number of benzene rings is 2. The molecule has 0 fully saturated rings.